The molecule has 45 heavy (non-hydrogen) atoms. The lowest BCUT2D eigenvalue weighted by Gasteiger charge is -2.28. The zero-order valence-electron chi connectivity index (χ0n) is 25.4. The molecule has 0 radical (unpaired) electrons. The molecule has 0 aliphatic heterocycles. The smallest absolute Gasteiger partial charge is 0.416 e. The maximum Gasteiger partial charge on any atom is 0.416 e. The minimum atomic E-state index is -4.47. The number of halogens is 3. The molecule has 4 rings (SSSR count). The molecule has 2 N–H and O–H groups in total. The van der Waals surface area contributed by atoms with Crippen LogP contribution in [0.5, 0.6) is 0 Å². The number of carboxylic acids is 1. The first-order valence-electron chi connectivity index (χ1n) is 15.3. The normalized spacial score (nSPS) is 12.3. The quantitative estimate of drug-likeness (QED) is 0.122. The van der Waals surface area contributed by atoms with Gasteiger partial charge in [-0.25, -0.2) is 0 Å². The van der Waals surface area contributed by atoms with Gasteiger partial charge < -0.3 is 14.8 Å². The third kappa shape index (κ3) is 10.1. The molecule has 0 aliphatic carbocycles. The van der Waals surface area contributed by atoms with E-state index in [0.717, 1.165) is 30.5 Å². The molecule has 1 aromatic heterocycles. The van der Waals surface area contributed by atoms with Crippen LogP contribution in [-0.4, -0.2) is 21.9 Å². The van der Waals surface area contributed by atoms with Crippen molar-refractivity contribution in [2.45, 2.75) is 77.2 Å². The topological polar surface area (TPSA) is 82.8 Å². The van der Waals surface area contributed by atoms with Gasteiger partial charge in [-0.3, -0.25) is 14.5 Å². The number of alkyl halides is 3. The van der Waals surface area contributed by atoms with Crippen LogP contribution in [0, 0.1) is 0 Å². The molecule has 0 bridgehead atoms. The summed E-state index contributed by atoms with van der Waals surface area (Å²) in [7, 11) is 0. The fraction of sp³-hybridized carbons (Fsp3) is 0.333. The number of aliphatic carboxylic acids is 1. The van der Waals surface area contributed by atoms with E-state index >= 15 is 0 Å². The molecule has 3 aromatic carbocycles. The van der Waals surface area contributed by atoms with E-state index in [1.165, 1.54) is 56.1 Å². The first kappa shape index (κ1) is 33.5. The first-order valence-corrected chi connectivity index (χ1v) is 15.3. The van der Waals surface area contributed by atoms with Gasteiger partial charge in [0.05, 0.1) is 11.8 Å². The summed E-state index contributed by atoms with van der Waals surface area (Å²) in [5.41, 5.74) is 2.83. The number of nitrogens with one attached hydrogen (secondary N) is 1. The summed E-state index contributed by atoms with van der Waals surface area (Å²) in [6.45, 7) is 2.43. The number of aryl methyl sites for hydroxylation is 1. The van der Waals surface area contributed by atoms with E-state index in [1.807, 2.05) is 24.3 Å². The van der Waals surface area contributed by atoms with Gasteiger partial charge in [-0.15, -0.1) is 0 Å². The average molecular weight is 621 g/mol. The Hall–Kier alpha value is -4.37. The number of nitrogens with zero attached hydrogens (tertiary/aromatic N) is 1. The molecule has 0 spiro atoms. The van der Waals surface area contributed by atoms with Crippen LogP contribution in [0.15, 0.2) is 95.6 Å². The van der Waals surface area contributed by atoms with Crippen LogP contribution in [-0.2, 0) is 30.5 Å². The van der Waals surface area contributed by atoms with E-state index < -0.39 is 23.8 Å². The molecule has 1 amide bonds. The molecule has 238 valence electrons. The van der Waals surface area contributed by atoms with Crippen LogP contribution in [0.4, 0.5) is 18.9 Å². The van der Waals surface area contributed by atoms with Gasteiger partial charge in [0.1, 0.15) is 5.76 Å². The van der Waals surface area contributed by atoms with Gasteiger partial charge in [-0.1, -0.05) is 75.4 Å². The minimum absolute atomic E-state index is 0.0587. The largest absolute Gasteiger partial charge is 0.480 e. The molecular formula is C36H39F3N2O4. The molecule has 6 nitrogen and oxygen atoms in total. The van der Waals surface area contributed by atoms with Gasteiger partial charge in [0.2, 0.25) is 0 Å². The van der Waals surface area contributed by atoms with Crippen LogP contribution in [0.1, 0.15) is 89.9 Å². The summed E-state index contributed by atoms with van der Waals surface area (Å²) in [6.07, 6.45) is 5.32. The molecule has 0 aliphatic rings. The van der Waals surface area contributed by atoms with Gasteiger partial charge in [0, 0.05) is 24.3 Å². The highest BCUT2D eigenvalue weighted by Gasteiger charge is 2.32. The number of furan rings is 1. The molecule has 0 fully saturated rings. The molecule has 4 aromatic rings. The number of benzene rings is 3. The number of carbonyl (C=O) groups is 2. The predicted molar refractivity (Wildman–Crippen MR) is 168 cm³/mol. The predicted octanol–water partition coefficient (Wildman–Crippen LogP) is 9.28. The van der Waals surface area contributed by atoms with E-state index in [1.54, 1.807) is 41.3 Å². The summed E-state index contributed by atoms with van der Waals surface area (Å²) < 4.78 is 44.6. The maximum atomic E-state index is 13.1. The van der Waals surface area contributed by atoms with Crippen LogP contribution in [0.2, 0.25) is 0 Å². The highest BCUT2D eigenvalue weighted by Crippen LogP contribution is 2.31. The van der Waals surface area contributed by atoms with Gasteiger partial charge in [0.25, 0.3) is 5.91 Å². The van der Waals surface area contributed by atoms with Gasteiger partial charge in [0.15, 0.2) is 6.04 Å². The molecule has 0 saturated heterocycles. The summed E-state index contributed by atoms with van der Waals surface area (Å²) >= 11 is 0. The number of carbonyl (C=O) groups excluding carboxylic acids is 1. The highest BCUT2D eigenvalue weighted by atomic mass is 19.4. The monoisotopic (exact) mass is 620 g/mol. The van der Waals surface area contributed by atoms with Crippen molar-refractivity contribution in [3.05, 3.63) is 125 Å². The lowest BCUT2D eigenvalue weighted by molar-refractivity contribution is -0.145. The van der Waals surface area contributed by atoms with Crippen molar-refractivity contribution >= 4 is 17.6 Å². The second-order valence-corrected chi connectivity index (χ2v) is 11.2. The third-order valence-corrected chi connectivity index (χ3v) is 7.71. The first-order chi connectivity index (χ1) is 21.6. The Morgan fingerprint density at radius 2 is 1.38 bits per heavy atom. The van der Waals surface area contributed by atoms with Crippen LogP contribution in [0.25, 0.3) is 0 Å². The molecule has 1 unspecified atom stereocenters. The van der Waals surface area contributed by atoms with Crippen molar-refractivity contribution < 1.29 is 32.3 Å². The van der Waals surface area contributed by atoms with Gasteiger partial charge >= 0.3 is 12.1 Å². The summed E-state index contributed by atoms with van der Waals surface area (Å²) in [6, 6.07) is 21.3. The van der Waals surface area contributed by atoms with Crippen LogP contribution >= 0.6 is 0 Å². The molecular weight excluding hydrogens is 581 g/mol. The van der Waals surface area contributed by atoms with Crippen LogP contribution in [0.3, 0.4) is 0 Å². The fourth-order valence-electron chi connectivity index (χ4n) is 5.24. The number of carboxylic acid groups (broad SMARTS) is 1. The number of rotatable bonds is 16. The highest BCUT2D eigenvalue weighted by molar-refractivity contribution is 6.04. The maximum absolute atomic E-state index is 13.1. The van der Waals surface area contributed by atoms with Crippen molar-refractivity contribution in [1.29, 1.82) is 0 Å². The van der Waals surface area contributed by atoms with Crippen LogP contribution < -0.4 is 5.32 Å². The SMILES string of the molecule is CCCCCCCCc1ccc(C(=O)Nc2ccc(CN(Cc3ccc(C(F)(F)F)cc3)C(C(=O)O)c3ccco3)cc2)cc1. The Morgan fingerprint density at radius 1 is 0.800 bits per heavy atom. The Kier molecular flexibility index (Phi) is 12.0. The molecule has 1 heterocycles. The van der Waals surface area contributed by atoms with Crippen molar-refractivity contribution in [1.82, 2.24) is 4.90 Å². The molecule has 1 atom stereocenters. The zero-order valence-corrected chi connectivity index (χ0v) is 25.4. The lowest BCUT2D eigenvalue weighted by atomic mass is 10.0. The van der Waals surface area contributed by atoms with E-state index in [2.05, 4.69) is 12.2 Å². The zero-order chi connectivity index (χ0) is 32.2. The van der Waals surface area contributed by atoms with Crippen molar-refractivity contribution in [2.24, 2.45) is 0 Å². The average Bonchev–Trinajstić information content (AvgIpc) is 3.54. The number of unbranched alkanes of at least 4 members (excludes halogenated alkanes) is 5. The number of anilines is 1. The Bertz CT molecular complexity index is 1480. The van der Waals surface area contributed by atoms with Crippen molar-refractivity contribution in [2.75, 3.05) is 5.32 Å². The second-order valence-electron chi connectivity index (χ2n) is 11.2. The Balaban J connectivity index is 1.40. The molecule has 9 heteroatoms. The van der Waals surface area contributed by atoms with Gasteiger partial charge in [-0.05, 0) is 78.1 Å². The molecule has 0 saturated carbocycles. The summed E-state index contributed by atoms with van der Waals surface area (Å²) in [5, 5.41) is 13.0. The van der Waals surface area contributed by atoms with Gasteiger partial charge in [-0.2, -0.15) is 13.2 Å². The van der Waals surface area contributed by atoms with Crippen molar-refractivity contribution in [3.8, 4) is 0 Å². The fourth-order valence-corrected chi connectivity index (χ4v) is 5.24. The summed E-state index contributed by atoms with van der Waals surface area (Å²) in [5.74, 6) is -1.18. The number of amides is 1. The van der Waals surface area contributed by atoms with E-state index in [4.69, 9.17) is 4.42 Å². The van der Waals surface area contributed by atoms with E-state index in [9.17, 15) is 27.9 Å². The lowest BCUT2D eigenvalue weighted by Crippen LogP contribution is -2.33. The summed E-state index contributed by atoms with van der Waals surface area (Å²) in [4.78, 5) is 26.8. The van der Waals surface area contributed by atoms with E-state index in [-0.39, 0.29) is 24.8 Å². The number of hydrogen-bond acceptors (Lipinski definition) is 4. The standard InChI is InChI=1S/C36H39F3N2O4/c1-2-3-4-5-6-7-9-26-11-17-29(18-12-26)34(42)40-31-21-15-28(16-22-31)25-41(33(35(43)44)32-10-8-23-45-32)24-27-13-19-30(20-14-27)36(37,38)39/h8,10-23,33H,2-7,9,24-25H2,1H3,(H,40,42)(H,43,44). The number of hydrogen-bond donors (Lipinski definition) is 2. The van der Waals surface area contributed by atoms with E-state index in [0.29, 0.717) is 16.8 Å². The Morgan fingerprint density at radius 3 is 1.93 bits per heavy atom. The minimum Gasteiger partial charge on any atom is -0.480 e. The third-order valence-electron chi connectivity index (χ3n) is 7.71. The van der Waals surface area contributed by atoms with Crippen molar-refractivity contribution in [3.63, 3.8) is 0 Å². The second kappa shape index (κ2) is 16.1. The Labute approximate surface area is 261 Å².